The van der Waals surface area contributed by atoms with Crippen LogP contribution in [0.25, 0.3) is 12.2 Å². The minimum Gasteiger partial charge on any atom is -0.464 e. The maximum atomic E-state index is 5.15. The van der Waals surface area contributed by atoms with E-state index in [9.17, 15) is 0 Å². The fraction of sp³-hybridized carbons (Fsp3) is 0.273. The van der Waals surface area contributed by atoms with Crippen molar-refractivity contribution in [3.05, 3.63) is 35.6 Å². The first-order valence-electron chi connectivity index (χ1n) is 4.11. The summed E-state index contributed by atoms with van der Waals surface area (Å²) in [6.45, 7) is 13.4. The highest BCUT2D eigenvalue weighted by molar-refractivity contribution is 5.50. The third-order valence-corrected chi connectivity index (χ3v) is 1.41. The Kier molecular flexibility index (Phi) is 4.86. The van der Waals surface area contributed by atoms with Crippen molar-refractivity contribution in [2.24, 2.45) is 0 Å². The molecule has 12 heavy (non-hydrogen) atoms. The van der Waals surface area contributed by atoms with Crippen molar-refractivity contribution in [3.8, 4) is 0 Å². The minimum absolute atomic E-state index is 0.829. The molecule has 0 aromatic carbocycles. The van der Waals surface area contributed by atoms with E-state index < -0.39 is 0 Å². The summed E-state index contributed by atoms with van der Waals surface area (Å²) < 4.78 is 5.15. The zero-order chi connectivity index (χ0) is 9.56. The van der Waals surface area contributed by atoms with Gasteiger partial charge in [0.2, 0.25) is 0 Å². The van der Waals surface area contributed by atoms with Gasteiger partial charge in [-0.1, -0.05) is 33.1 Å². The van der Waals surface area contributed by atoms with Crippen LogP contribution in [0.1, 0.15) is 20.8 Å². The first-order chi connectivity index (χ1) is 5.75. The van der Waals surface area contributed by atoms with E-state index in [1.807, 2.05) is 26.8 Å². The van der Waals surface area contributed by atoms with Crippen LogP contribution in [0.5, 0.6) is 0 Å². The van der Waals surface area contributed by atoms with Crippen LogP contribution in [-0.4, -0.2) is 0 Å². The van der Waals surface area contributed by atoms with Crippen LogP contribution in [-0.2, 0) is 0 Å². The predicted molar refractivity (Wildman–Crippen MR) is 54.1 cm³/mol. The molecule has 0 aliphatic heterocycles. The molecule has 1 heterocycles. The van der Waals surface area contributed by atoms with Crippen LogP contribution in [0, 0.1) is 0 Å². The van der Waals surface area contributed by atoms with Gasteiger partial charge in [0.1, 0.15) is 5.42 Å². The Morgan fingerprint density at radius 1 is 1.50 bits per heavy atom. The molecule has 66 valence electrons. The Labute approximate surface area is 73.7 Å². The lowest BCUT2D eigenvalue weighted by atomic mass is 10.3. The predicted octanol–water partition coefficient (Wildman–Crippen LogP) is 2.07. The van der Waals surface area contributed by atoms with Gasteiger partial charge in [0.25, 0.3) is 0 Å². The molecular formula is C11H16O. The molecule has 0 aliphatic carbocycles. The molecule has 0 spiro atoms. The minimum atomic E-state index is 0.829. The summed E-state index contributed by atoms with van der Waals surface area (Å²) in [4.78, 5) is 0. The summed E-state index contributed by atoms with van der Waals surface area (Å²) in [5.74, 6) is 0. The second-order valence-electron chi connectivity index (χ2n) is 2.16. The van der Waals surface area contributed by atoms with Crippen LogP contribution in [0.3, 0.4) is 0 Å². The third-order valence-electron chi connectivity index (χ3n) is 1.41. The van der Waals surface area contributed by atoms with E-state index in [1.54, 1.807) is 12.3 Å². The fourth-order valence-corrected chi connectivity index (χ4v) is 0.774. The number of rotatable bonds is 1. The lowest BCUT2D eigenvalue weighted by Gasteiger charge is -1.83. The normalized spacial score (nSPS) is 11.2. The summed E-state index contributed by atoms with van der Waals surface area (Å²) in [6, 6.07) is 1.84. The van der Waals surface area contributed by atoms with E-state index in [-0.39, 0.29) is 0 Å². The fourth-order valence-electron chi connectivity index (χ4n) is 0.774. The van der Waals surface area contributed by atoms with Crippen LogP contribution >= 0.6 is 0 Å². The first kappa shape index (κ1) is 10.8. The lowest BCUT2D eigenvalue weighted by Crippen LogP contribution is -2.18. The number of allylic oxidation sites excluding steroid dienone is 1. The molecule has 0 aliphatic rings. The maximum absolute atomic E-state index is 5.15. The molecule has 0 amide bonds. The van der Waals surface area contributed by atoms with E-state index in [0.717, 1.165) is 16.2 Å². The van der Waals surface area contributed by atoms with Crippen LogP contribution in [0.4, 0.5) is 0 Å². The van der Waals surface area contributed by atoms with E-state index >= 15 is 0 Å². The molecule has 1 heteroatoms. The van der Waals surface area contributed by atoms with Gasteiger partial charge in [-0.3, -0.25) is 0 Å². The second kappa shape index (κ2) is 5.42. The van der Waals surface area contributed by atoms with Gasteiger partial charge >= 0.3 is 0 Å². The molecule has 1 aromatic heterocycles. The standard InChI is InChI=1S/C9H10O.C2H6/c1-4-7(2)9-8(3)5-6-10-9;1-2/h4-6H,1,3H2,2H3;1-2H3/b9-7+;. The summed E-state index contributed by atoms with van der Waals surface area (Å²) >= 11 is 0. The van der Waals surface area contributed by atoms with Crippen molar-refractivity contribution in [2.45, 2.75) is 20.8 Å². The van der Waals surface area contributed by atoms with E-state index in [1.165, 1.54) is 0 Å². The summed E-state index contributed by atoms with van der Waals surface area (Å²) in [5.41, 5.74) is 1.85. The highest BCUT2D eigenvalue weighted by Crippen LogP contribution is 1.87. The Balaban J connectivity index is 0.000000561. The Morgan fingerprint density at radius 2 is 2.08 bits per heavy atom. The summed E-state index contributed by atoms with van der Waals surface area (Å²) in [7, 11) is 0. The smallest absolute Gasteiger partial charge is 0.136 e. The van der Waals surface area contributed by atoms with Gasteiger partial charge in [-0.15, -0.1) is 0 Å². The molecule has 0 saturated heterocycles. The third kappa shape index (κ3) is 2.42. The quantitative estimate of drug-likeness (QED) is 0.619. The van der Waals surface area contributed by atoms with Crippen LogP contribution in [0.2, 0.25) is 0 Å². The molecule has 0 bridgehead atoms. The molecule has 0 N–H and O–H groups in total. The van der Waals surface area contributed by atoms with E-state index in [4.69, 9.17) is 4.42 Å². The molecule has 1 rings (SSSR count). The first-order valence-corrected chi connectivity index (χ1v) is 4.11. The molecule has 1 nitrogen and oxygen atoms in total. The maximum Gasteiger partial charge on any atom is 0.136 e. The molecule has 0 saturated carbocycles. The molecular weight excluding hydrogens is 148 g/mol. The van der Waals surface area contributed by atoms with Crippen molar-refractivity contribution >= 4 is 12.2 Å². The highest BCUT2D eigenvalue weighted by atomic mass is 16.3. The monoisotopic (exact) mass is 164 g/mol. The molecule has 0 fully saturated rings. The second-order valence-corrected chi connectivity index (χ2v) is 2.16. The van der Waals surface area contributed by atoms with Crippen molar-refractivity contribution in [1.82, 2.24) is 0 Å². The SMILES string of the molecule is C=C/C(C)=c1/occc1=C.CC. The Morgan fingerprint density at radius 3 is 2.42 bits per heavy atom. The van der Waals surface area contributed by atoms with Crippen LogP contribution < -0.4 is 10.6 Å². The largest absolute Gasteiger partial charge is 0.464 e. The van der Waals surface area contributed by atoms with Gasteiger partial charge < -0.3 is 4.42 Å². The average Bonchev–Trinajstić information content (AvgIpc) is 2.54. The molecule has 0 unspecified atom stereocenters. The summed E-state index contributed by atoms with van der Waals surface area (Å²) in [5, 5.41) is 0.914. The molecule has 0 atom stereocenters. The van der Waals surface area contributed by atoms with E-state index in [0.29, 0.717) is 0 Å². The Bertz CT molecular complexity index is 330. The molecule has 0 radical (unpaired) electrons. The van der Waals surface area contributed by atoms with Crippen LogP contribution in [0.15, 0.2) is 29.4 Å². The molecule has 1 aromatic rings. The van der Waals surface area contributed by atoms with Gasteiger partial charge in [-0.05, 0) is 18.6 Å². The Hall–Kier alpha value is -1.24. The van der Waals surface area contributed by atoms with Crippen molar-refractivity contribution in [3.63, 3.8) is 0 Å². The van der Waals surface area contributed by atoms with Gasteiger partial charge in [-0.25, -0.2) is 0 Å². The van der Waals surface area contributed by atoms with Crippen molar-refractivity contribution in [2.75, 3.05) is 0 Å². The number of furan rings is 1. The van der Waals surface area contributed by atoms with Crippen molar-refractivity contribution < 1.29 is 4.42 Å². The zero-order valence-electron chi connectivity index (χ0n) is 8.05. The average molecular weight is 164 g/mol. The number of hydrogen-bond donors (Lipinski definition) is 0. The van der Waals surface area contributed by atoms with Gasteiger partial charge in [0.15, 0.2) is 0 Å². The highest BCUT2D eigenvalue weighted by Gasteiger charge is 1.88. The lowest BCUT2D eigenvalue weighted by molar-refractivity contribution is 0.528. The zero-order valence-corrected chi connectivity index (χ0v) is 8.05. The summed E-state index contributed by atoms with van der Waals surface area (Å²) in [6.07, 6.45) is 3.39. The van der Waals surface area contributed by atoms with Crippen molar-refractivity contribution in [1.29, 1.82) is 0 Å². The van der Waals surface area contributed by atoms with E-state index in [2.05, 4.69) is 13.2 Å². The van der Waals surface area contributed by atoms with Gasteiger partial charge in [0.05, 0.1) is 6.26 Å². The van der Waals surface area contributed by atoms with Gasteiger partial charge in [0, 0.05) is 5.22 Å². The van der Waals surface area contributed by atoms with Gasteiger partial charge in [-0.2, -0.15) is 0 Å². The topological polar surface area (TPSA) is 13.1 Å². The number of hydrogen-bond acceptors (Lipinski definition) is 1.